The average molecular weight is 487 g/mol. The highest BCUT2D eigenvalue weighted by Gasteiger charge is 2.22. The van der Waals surface area contributed by atoms with E-state index in [9.17, 15) is 34.5 Å². The Morgan fingerprint density at radius 2 is 1.03 bits per heavy atom. The van der Waals surface area contributed by atoms with Crippen LogP contribution in [0.1, 0.15) is 5.56 Å². The zero-order chi connectivity index (χ0) is 25.2. The van der Waals surface area contributed by atoms with E-state index in [2.05, 4.69) is 60.1 Å². The van der Waals surface area contributed by atoms with Gasteiger partial charge in [0.2, 0.25) is 0 Å². The Kier molecular flexibility index (Phi) is 9.61. The molecule has 1 aromatic heterocycles. The molecular formula is C22H19B2F8NO. The van der Waals surface area contributed by atoms with Crippen molar-refractivity contribution >= 4 is 20.1 Å². The number of hydrogen-bond acceptors (Lipinski definition) is 0. The van der Waals surface area contributed by atoms with Crippen LogP contribution in [0.15, 0.2) is 95.6 Å². The molecule has 12 heteroatoms. The fraction of sp³-hybridized carbons (Fsp3) is 0.0455. The van der Waals surface area contributed by atoms with Gasteiger partial charge in [-0.15, -0.1) is 0 Å². The van der Waals surface area contributed by atoms with Gasteiger partial charge in [-0.3, -0.25) is 0 Å². The summed E-state index contributed by atoms with van der Waals surface area (Å²) in [5.41, 5.74) is 4.60. The van der Waals surface area contributed by atoms with Crippen molar-refractivity contribution in [3.63, 3.8) is 0 Å². The minimum atomic E-state index is -6.00. The minimum Gasteiger partial charge on any atom is -0.418 e. The maximum atomic E-state index is 9.75. The first kappa shape index (κ1) is 26.8. The Balaban J connectivity index is 0.000000347. The van der Waals surface area contributed by atoms with Gasteiger partial charge < -0.3 is 39.8 Å². The first-order chi connectivity index (χ1) is 15.9. The largest absolute Gasteiger partial charge is 0.673 e. The van der Waals surface area contributed by atoms with E-state index in [1.807, 2.05) is 36.4 Å². The second-order valence-corrected chi connectivity index (χ2v) is 6.79. The molecule has 0 unspecified atom stereocenters. The van der Waals surface area contributed by atoms with Crippen LogP contribution in [-0.4, -0.2) is 21.1 Å². The minimum absolute atomic E-state index is 0.885. The lowest BCUT2D eigenvalue weighted by atomic mass is 10.0. The van der Waals surface area contributed by atoms with Crippen molar-refractivity contribution in [3.05, 3.63) is 96.7 Å². The second kappa shape index (κ2) is 12.2. The van der Waals surface area contributed by atoms with Gasteiger partial charge in [0, 0.05) is 5.56 Å². The molecule has 2 heterocycles. The monoisotopic (exact) mass is 487 g/mol. The van der Waals surface area contributed by atoms with Gasteiger partial charge in [0.25, 0.3) is 0 Å². The summed E-state index contributed by atoms with van der Waals surface area (Å²) in [7, 11) is -12.0. The van der Waals surface area contributed by atoms with E-state index in [1.54, 1.807) is 0 Å². The van der Waals surface area contributed by atoms with Gasteiger partial charge in [0.1, 0.15) is 0 Å². The van der Waals surface area contributed by atoms with Crippen molar-refractivity contribution in [3.8, 4) is 22.6 Å². The molecule has 0 bridgehead atoms. The van der Waals surface area contributed by atoms with Crippen LogP contribution >= 0.6 is 0 Å². The molecule has 0 saturated carbocycles. The molecule has 0 radical (unpaired) electrons. The summed E-state index contributed by atoms with van der Waals surface area (Å²) >= 11 is 0. The van der Waals surface area contributed by atoms with E-state index < -0.39 is 14.5 Å². The van der Waals surface area contributed by atoms with E-state index in [0.717, 1.165) is 29.2 Å². The lowest BCUT2D eigenvalue weighted by molar-refractivity contribution is -0.578. The maximum absolute atomic E-state index is 9.75. The quantitative estimate of drug-likeness (QED) is 0.241. The summed E-state index contributed by atoms with van der Waals surface area (Å²) in [6, 6.07) is 24.8. The zero-order valence-corrected chi connectivity index (χ0v) is 17.5. The van der Waals surface area contributed by atoms with Crippen molar-refractivity contribution < 1.29 is 44.3 Å². The third-order valence-electron chi connectivity index (χ3n) is 4.13. The third-order valence-corrected chi connectivity index (χ3v) is 4.13. The molecule has 0 atom stereocenters. The Morgan fingerprint density at radius 3 is 1.38 bits per heavy atom. The molecule has 34 heavy (non-hydrogen) atoms. The van der Waals surface area contributed by atoms with Crippen LogP contribution in [-0.2, 0) is 0 Å². The highest BCUT2D eigenvalue weighted by molar-refractivity contribution is 6.50. The van der Waals surface area contributed by atoms with Crippen molar-refractivity contribution in [1.29, 1.82) is 0 Å². The Morgan fingerprint density at radius 1 is 0.618 bits per heavy atom. The van der Waals surface area contributed by atoms with Gasteiger partial charge in [0.05, 0.1) is 36.0 Å². The fourth-order valence-electron chi connectivity index (χ4n) is 2.88. The lowest BCUT2D eigenvalue weighted by Crippen LogP contribution is -2.78. The molecule has 2 aromatic carbocycles. The Labute approximate surface area is 190 Å². The standard InChI is InChI=1S/C22H18NO.2BF4/c1-3-7-18(8-4-1)21-15-20(17-11-13-23-14-12-17)16-22(24-21)19-9-5-2-6-10-19;2*2-1(3,4)5/h1-13,15-16,23H,14H2;;/q+1;2*-1/p+1. The first-order valence-corrected chi connectivity index (χ1v) is 9.94. The highest BCUT2D eigenvalue weighted by Crippen LogP contribution is 2.31. The van der Waals surface area contributed by atoms with Crippen molar-refractivity contribution in [2.24, 2.45) is 0 Å². The van der Waals surface area contributed by atoms with Crippen molar-refractivity contribution in [2.75, 3.05) is 6.54 Å². The topological polar surface area (TPSA) is 27.9 Å². The molecule has 4 rings (SSSR count). The molecule has 2 nitrogen and oxygen atoms in total. The van der Waals surface area contributed by atoms with Crippen LogP contribution in [0.4, 0.5) is 34.5 Å². The number of rotatable bonds is 3. The second-order valence-electron chi connectivity index (χ2n) is 6.79. The predicted molar refractivity (Wildman–Crippen MR) is 118 cm³/mol. The van der Waals surface area contributed by atoms with Gasteiger partial charge in [-0.05, 0) is 42.0 Å². The predicted octanol–water partition coefficient (Wildman–Crippen LogP) is 6.97. The molecule has 1 aliphatic heterocycles. The fourth-order valence-corrected chi connectivity index (χ4v) is 2.88. The third kappa shape index (κ3) is 11.0. The number of nitrogens with two attached hydrogens (primary N) is 1. The van der Waals surface area contributed by atoms with Crippen molar-refractivity contribution in [2.45, 2.75) is 0 Å². The van der Waals surface area contributed by atoms with Gasteiger partial charge in [0.15, 0.2) is 0 Å². The van der Waals surface area contributed by atoms with Gasteiger partial charge in [-0.2, -0.15) is 0 Å². The summed E-state index contributed by atoms with van der Waals surface area (Å²) in [5, 5.41) is 2.16. The molecular weight excluding hydrogens is 468 g/mol. The maximum Gasteiger partial charge on any atom is 0.673 e. The average Bonchev–Trinajstić information content (AvgIpc) is 2.78. The molecule has 1 aliphatic rings. The SMILES string of the molecule is C1=CC(c2cc(-c3ccccc3)[o+]c(-c3ccccc3)c2)=CC[NH2+]1.F[B-](F)(F)F.F[B-](F)(F)F. The van der Waals surface area contributed by atoms with Gasteiger partial charge in [-0.1, -0.05) is 36.4 Å². The molecule has 2 N–H and O–H groups in total. The number of halogens is 8. The summed E-state index contributed by atoms with van der Waals surface area (Å²) in [5.74, 6) is 1.77. The number of allylic oxidation sites excluding steroid dienone is 2. The number of hydrogen-bond donors (Lipinski definition) is 1. The number of quaternary nitrogens is 1. The zero-order valence-electron chi connectivity index (χ0n) is 17.5. The van der Waals surface area contributed by atoms with Crippen molar-refractivity contribution in [1.82, 2.24) is 0 Å². The van der Waals surface area contributed by atoms with Crippen LogP contribution < -0.4 is 5.32 Å². The summed E-state index contributed by atoms with van der Waals surface area (Å²) in [6.45, 7) is 0.971. The molecule has 0 spiro atoms. The number of benzene rings is 2. The van der Waals surface area contributed by atoms with Crippen LogP contribution in [0.5, 0.6) is 0 Å². The Bertz CT molecular complexity index is 1020. The van der Waals surface area contributed by atoms with E-state index in [0.29, 0.717) is 0 Å². The summed E-state index contributed by atoms with van der Waals surface area (Å²) in [4.78, 5) is 0. The Hall–Kier alpha value is -3.40. The van der Waals surface area contributed by atoms with Crippen LogP contribution in [0.25, 0.3) is 28.2 Å². The van der Waals surface area contributed by atoms with Crippen LogP contribution in [0.2, 0.25) is 0 Å². The normalized spacial score (nSPS) is 13.1. The smallest absolute Gasteiger partial charge is 0.418 e. The molecule has 0 saturated heterocycles. The lowest BCUT2D eigenvalue weighted by Gasteiger charge is -2.05. The van der Waals surface area contributed by atoms with E-state index >= 15 is 0 Å². The summed E-state index contributed by atoms with van der Waals surface area (Å²) in [6.07, 6.45) is 6.52. The van der Waals surface area contributed by atoms with Crippen LogP contribution in [0.3, 0.4) is 0 Å². The molecule has 180 valence electrons. The summed E-state index contributed by atoms with van der Waals surface area (Å²) < 4.78 is 84.2. The molecule has 0 fully saturated rings. The highest BCUT2D eigenvalue weighted by atomic mass is 19.5. The molecule has 3 aromatic rings. The van der Waals surface area contributed by atoms with Gasteiger partial charge in [-0.25, -0.2) is 4.42 Å². The van der Waals surface area contributed by atoms with E-state index in [4.69, 9.17) is 4.42 Å². The molecule has 0 aliphatic carbocycles. The first-order valence-electron chi connectivity index (χ1n) is 9.94. The van der Waals surface area contributed by atoms with E-state index in [1.165, 1.54) is 11.1 Å². The van der Waals surface area contributed by atoms with Gasteiger partial charge >= 0.3 is 26.0 Å². The molecule has 0 amide bonds. The van der Waals surface area contributed by atoms with Crippen LogP contribution in [0, 0.1) is 0 Å². The van der Waals surface area contributed by atoms with E-state index in [-0.39, 0.29) is 0 Å².